The van der Waals surface area contributed by atoms with Crippen molar-refractivity contribution in [3.8, 4) is 68.9 Å². The lowest BCUT2D eigenvalue weighted by molar-refractivity contribution is 0.350. The Labute approximate surface area is 211 Å². The summed E-state index contributed by atoms with van der Waals surface area (Å²) in [4.78, 5) is 0. The first-order valence-electron chi connectivity index (χ1n) is 11.5. The molecule has 3 heteroatoms. The van der Waals surface area contributed by atoms with E-state index >= 15 is 0 Å². The van der Waals surface area contributed by atoms with Crippen LogP contribution in [0.4, 0.5) is 0 Å². The Bertz CT molecular complexity index is 1310. The van der Waals surface area contributed by atoms with Gasteiger partial charge in [-0.25, -0.2) is 0 Å². The van der Waals surface area contributed by atoms with E-state index in [1.165, 1.54) is 0 Å². The number of hydrogen-bond donors (Lipinski definition) is 3. The van der Waals surface area contributed by atoms with Crippen molar-refractivity contribution in [1.29, 1.82) is 0 Å². The second kappa shape index (κ2) is 12.2. The molecule has 0 radical (unpaired) electrons. The fourth-order valence-corrected chi connectivity index (χ4v) is 3.79. The molecular weight excluding hydrogens is 444 g/mol. The predicted molar refractivity (Wildman–Crippen MR) is 145 cm³/mol. The maximum Gasteiger partial charge on any atom is 0.104 e. The van der Waals surface area contributed by atoms with E-state index in [0.29, 0.717) is 0 Å². The quantitative estimate of drug-likeness (QED) is 0.382. The van der Waals surface area contributed by atoms with E-state index in [-0.39, 0.29) is 19.8 Å². The van der Waals surface area contributed by atoms with Crippen molar-refractivity contribution in [3.05, 3.63) is 108 Å². The first-order chi connectivity index (χ1) is 17.7. The largest absolute Gasteiger partial charge is 0.384 e. The Kier molecular flexibility index (Phi) is 8.35. The van der Waals surface area contributed by atoms with Crippen LogP contribution in [0.5, 0.6) is 0 Å². The van der Waals surface area contributed by atoms with Crippen molar-refractivity contribution in [2.45, 2.75) is 0 Å². The summed E-state index contributed by atoms with van der Waals surface area (Å²) < 4.78 is 0. The van der Waals surface area contributed by atoms with Gasteiger partial charge in [0.15, 0.2) is 0 Å². The van der Waals surface area contributed by atoms with Crippen molar-refractivity contribution in [2.24, 2.45) is 0 Å². The van der Waals surface area contributed by atoms with E-state index in [2.05, 4.69) is 53.7 Å². The number of hydrogen-bond acceptors (Lipinski definition) is 3. The van der Waals surface area contributed by atoms with Crippen LogP contribution in [0.15, 0.2) is 91.0 Å². The fourth-order valence-electron chi connectivity index (χ4n) is 3.79. The van der Waals surface area contributed by atoms with Crippen molar-refractivity contribution < 1.29 is 15.3 Å². The summed E-state index contributed by atoms with van der Waals surface area (Å²) in [6.45, 7) is -0.494. The summed E-state index contributed by atoms with van der Waals surface area (Å²) in [6.07, 6.45) is 0. The summed E-state index contributed by atoms with van der Waals surface area (Å²) in [6, 6.07) is 30.4. The molecule has 0 unspecified atom stereocenters. The second-order valence-electron chi connectivity index (χ2n) is 7.91. The van der Waals surface area contributed by atoms with E-state index in [9.17, 15) is 0 Å². The molecule has 0 amide bonds. The lowest BCUT2D eigenvalue weighted by atomic mass is 9.92. The van der Waals surface area contributed by atoms with Crippen LogP contribution in [-0.2, 0) is 0 Å². The molecule has 0 aliphatic rings. The summed E-state index contributed by atoms with van der Waals surface area (Å²) >= 11 is 0. The Morgan fingerprint density at radius 1 is 0.361 bits per heavy atom. The normalized spacial score (nSPS) is 9.75. The minimum Gasteiger partial charge on any atom is -0.384 e. The van der Waals surface area contributed by atoms with Crippen LogP contribution in [0.3, 0.4) is 0 Å². The number of benzene rings is 4. The maximum atomic E-state index is 8.95. The van der Waals surface area contributed by atoms with Gasteiger partial charge in [0.25, 0.3) is 0 Å². The lowest BCUT2D eigenvalue weighted by Crippen LogP contribution is -1.88. The molecule has 174 valence electrons. The van der Waals surface area contributed by atoms with Crippen LogP contribution in [0.2, 0.25) is 0 Å². The molecule has 0 saturated heterocycles. The number of rotatable bonds is 3. The minimum absolute atomic E-state index is 0.165. The molecule has 4 rings (SSSR count). The first-order valence-corrected chi connectivity index (χ1v) is 11.5. The van der Waals surface area contributed by atoms with Gasteiger partial charge in [0.2, 0.25) is 0 Å². The third kappa shape index (κ3) is 6.31. The average molecular weight is 469 g/mol. The van der Waals surface area contributed by atoms with Crippen LogP contribution in [0.25, 0.3) is 33.4 Å². The fraction of sp³-hybridized carbons (Fsp3) is 0.0909. The van der Waals surface area contributed by atoms with Crippen LogP contribution in [0.1, 0.15) is 16.7 Å². The van der Waals surface area contributed by atoms with E-state index < -0.39 is 0 Å². The summed E-state index contributed by atoms with van der Waals surface area (Å²) in [5.74, 6) is 16.8. The monoisotopic (exact) mass is 468 g/mol. The van der Waals surface area contributed by atoms with Gasteiger partial charge in [-0.15, -0.1) is 0 Å². The molecule has 0 aliphatic carbocycles. The molecular formula is C33H24O3. The van der Waals surface area contributed by atoms with Crippen molar-refractivity contribution in [3.63, 3.8) is 0 Å². The molecule has 0 heterocycles. The summed E-state index contributed by atoms with van der Waals surface area (Å²) in [5.41, 5.74) is 8.93. The number of aliphatic hydroxyl groups excluding tert-OH is 3. The molecule has 0 fully saturated rings. The molecule has 3 N–H and O–H groups in total. The van der Waals surface area contributed by atoms with Gasteiger partial charge in [-0.05, 0) is 88.0 Å². The predicted octanol–water partition coefficient (Wildman–Crippen LogP) is 4.72. The molecule has 4 aromatic rings. The van der Waals surface area contributed by atoms with Crippen LogP contribution in [-0.4, -0.2) is 35.1 Å². The van der Waals surface area contributed by atoms with E-state index in [0.717, 1.165) is 50.1 Å². The molecule has 4 aromatic carbocycles. The van der Waals surface area contributed by atoms with Crippen LogP contribution in [0, 0.1) is 35.5 Å². The highest BCUT2D eigenvalue weighted by atomic mass is 16.3. The Balaban J connectivity index is 1.78. The summed E-state index contributed by atoms with van der Waals surface area (Å²) in [5, 5.41) is 26.8. The van der Waals surface area contributed by atoms with E-state index in [4.69, 9.17) is 15.3 Å². The van der Waals surface area contributed by atoms with E-state index in [1.54, 1.807) is 0 Å². The molecule has 3 nitrogen and oxygen atoms in total. The highest BCUT2D eigenvalue weighted by Crippen LogP contribution is 2.33. The Morgan fingerprint density at radius 3 is 0.833 bits per heavy atom. The minimum atomic E-state index is -0.165. The van der Waals surface area contributed by atoms with Crippen molar-refractivity contribution in [1.82, 2.24) is 0 Å². The highest BCUT2D eigenvalue weighted by molar-refractivity contribution is 5.81. The first kappa shape index (κ1) is 24.6. The van der Waals surface area contributed by atoms with Crippen molar-refractivity contribution in [2.75, 3.05) is 19.8 Å². The zero-order valence-corrected chi connectivity index (χ0v) is 19.6. The van der Waals surface area contributed by atoms with Gasteiger partial charge in [-0.1, -0.05) is 71.9 Å². The molecule has 0 aromatic heterocycles. The highest BCUT2D eigenvalue weighted by Gasteiger charge is 2.08. The third-order valence-corrected chi connectivity index (χ3v) is 5.52. The standard InChI is InChI=1S/C33H24O3/c34-19-1-4-25-7-13-28(14-8-25)31-22-32(29-15-9-26(10-16-29)5-2-20-35)24-33(23-31)30-17-11-27(12-18-30)6-3-21-36/h7-18,22-24,34-36H,19-21H2. The van der Waals surface area contributed by atoms with Gasteiger partial charge in [-0.2, -0.15) is 0 Å². The van der Waals surface area contributed by atoms with Crippen LogP contribution >= 0.6 is 0 Å². The molecule has 36 heavy (non-hydrogen) atoms. The van der Waals surface area contributed by atoms with E-state index in [1.807, 2.05) is 72.8 Å². The van der Waals surface area contributed by atoms with Gasteiger partial charge >= 0.3 is 0 Å². The van der Waals surface area contributed by atoms with Gasteiger partial charge < -0.3 is 15.3 Å². The third-order valence-electron chi connectivity index (χ3n) is 5.52. The molecule has 0 spiro atoms. The van der Waals surface area contributed by atoms with Gasteiger partial charge in [-0.3, -0.25) is 0 Å². The van der Waals surface area contributed by atoms with Crippen molar-refractivity contribution >= 4 is 0 Å². The molecule has 0 bridgehead atoms. The average Bonchev–Trinajstić information content (AvgIpc) is 2.94. The SMILES string of the molecule is OCC#Cc1ccc(-c2cc(-c3ccc(C#CCO)cc3)cc(-c3ccc(C#CCO)cc3)c2)cc1. The molecule has 0 atom stereocenters. The second-order valence-corrected chi connectivity index (χ2v) is 7.91. The van der Waals surface area contributed by atoms with Gasteiger partial charge in [0.05, 0.1) is 0 Å². The lowest BCUT2D eigenvalue weighted by Gasteiger charge is -2.12. The van der Waals surface area contributed by atoms with Gasteiger partial charge in [0.1, 0.15) is 19.8 Å². The molecule has 0 aliphatic heterocycles. The molecule has 0 saturated carbocycles. The smallest absolute Gasteiger partial charge is 0.104 e. The zero-order chi connectivity index (χ0) is 25.2. The Morgan fingerprint density at radius 2 is 0.611 bits per heavy atom. The van der Waals surface area contributed by atoms with Gasteiger partial charge in [0, 0.05) is 16.7 Å². The zero-order valence-electron chi connectivity index (χ0n) is 19.6. The maximum absolute atomic E-state index is 8.95. The topological polar surface area (TPSA) is 60.7 Å². The Hall–Kier alpha value is -4.56. The summed E-state index contributed by atoms with van der Waals surface area (Å²) in [7, 11) is 0. The number of aliphatic hydroxyl groups is 3. The van der Waals surface area contributed by atoms with Crippen LogP contribution < -0.4 is 0 Å².